The number of carbonyl (C=O) groups is 2. The summed E-state index contributed by atoms with van der Waals surface area (Å²) in [6.07, 6.45) is 1.75. The summed E-state index contributed by atoms with van der Waals surface area (Å²) in [4.78, 5) is 32.0. The number of carbonyl (C=O) groups excluding carboxylic acids is 2. The molecule has 37 heavy (non-hydrogen) atoms. The molecule has 1 aliphatic rings. The van der Waals surface area contributed by atoms with Crippen molar-refractivity contribution in [3.05, 3.63) is 95.9 Å². The first kappa shape index (κ1) is 24.2. The molecule has 1 fully saturated rings. The molecule has 0 radical (unpaired) electrons. The molecular weight excluding hydrogens is 468 g/mol. The van der Waals surface area contributed by atoms with Crippen molar-refractivity contribution in [2.75, 3.05) is 25.0 Å². The zero-order valence-electron chi connectivity index (χ0n) is 20.6. The first-order valence-electron chi connectivity index (χ1n) is 12.4. The van der Waals surface area contributed by atoms with E-state index in [1.165, 1.54) is 0 Å². The fourth-order valence-electron chi connectivity index (χ4n) is 4.42. The highest BCUT2D eigenvalue weighted by Gasteiger charge is 2.29. The number of anilines is 1. The lowest BCUT2D eigenvalue weighted by Gasteiger charge is -2.31. The molecule has 0 aliphatic carbocycles. The van der Waals surface area contributed by atoms with Crippen molar-refractivity contribution in [3.8, 4) is 17.1 Å². The van der Waals surface area contributed by atoms with Crippen LogP contribution in [0.4, 0.5) is 5.69 Å². The lowest BCUT2D eigenvalue weighted by Crippen LogP contribution is -2.39. The van der Waals surface area contributed by atoms with Crippen LogP contribution in [-0.4, -0.2) is 46.6 Å². The Bertz CT molecular complexity index is 1350. The Labute approximate surface area is 215 Å². The maximum absolute atomic E-state index is 12.9. The van der Waals surface area contributed by atoms with Gasteiger partial charge in [0.15, 0.2) is 0 Å². The third kappa shape index (κ3) is 5.69. The lowest BCUT2D eigenvalue weighted by molar-refractivity contribution is 0.0695. The quantitative estimate of drug-likeness (QED) is 0.368. The van der Waals surface area contributed by atoms with Crippen LogP contribution < -0.4 is 10.1 Å². The summed E-state index contributed by atoms with van der Waals surface area (Å²) in [5.74, 6) is 1.53. The highest BCUT2D eigenvalue weighted by Crippen LogP contribution is 2.28. The van der Waals surface area contributed by atoms with Crippen molar-refractivity contribution in [3.63, 3.8) is 0 Å². The van der Waals surface area contributed by atoms with Crippen LogP contribution in [0.1, 0.15) is 52.3 Å². The van der Waals surface area contributed by atoms with Crippen molar-refractivity contribution in [2.24, 2.45) is 0 Å². The molecule has 5 rings (SSSR count). The Kier molecular flexibility index (Phi) is 7.26. The average molecular weight is 497 g/mol. The molecule has 0 spiro atoms. The first-order valence-corrected chi connectivity index (χ1v) is 12.4. The molecule has 8 nitrogen and oxygen atoms in total. The second kappa shape index (κ2) is 11.1. The monoisotopic (exact) mass is 496 g/mol. The van der Waals surface area contributed by atoms with Gasteiger partial charge in [0.05, 0.1) is 12.5 Å². The third-order valence-electron chi connectivity index (χ3n) is 6.35. The minimum absolute atomic E-state index is 0.0122. The number of hydrogen-bond acceptors (Lipinski definition) is 6. The van der Waals surface area contributed by atoms with E-state index in [-0.39, 0.29) is 17.7 Å². The number of amides is 2. The van der Waals surface area contributed by atoms with Crippen molar-refractivity contribution in [1.82, 2.24) is 15.0 Å². The van der Waals surface area contributed by atoms with Gasteiger partial charge in [-0.2, -0.15) is 4.98 Å². The maximum Gasteiger partial charge on any atom is 0.255 e. The predicted molar refractivity (Wildman–Crippen MR) is 140 cm³/mol. The summed E-state index contributed by atoms with van der Waals surface area (Å²) in [5, 5.41) is 7.04. The van der Waals surface area contributed by atoms with Crippen LogP contribution >= 0.6 is 0 Å². The van der Waals surface area contributed by atoms with Crippen LogP contribution in [0.25, 0.3) is 11.4 Å². The molecule has 3 aromatic carbocycles. The van der Waals surface area contributed by atoms with Gasteiger partial charge in [0.25, 0.3) is 11.8 Å². The Hall–Kier alpha value is -4.46. The van der Waals surface area contributed by atoms with Crippen molar-refractivity contribution in [1.29, 1.82) is 0 Å². The van der Waals surface area contributed by atoms with Gasteiger partial charge in [0.1, 0.15) is 5.75 Å². The first-order chi connectivity index (χ1) is 18.1. The molecule has 8 heteroatoms. The molecular formula is C29H28N4O4. The van der Waals surface area contributed by atoms with Crippen LogP contribution in [0.5, 0.6) is 5.75 Å². The minimum Gasteiger partial charge on any atom is -0.494 e. The van der Waals surface area contributed by atoms with Crippen LogP contribution in [0.3, 0.4) is 0 Å². The summed E-state index contributed by atoms with van der Waals surface area (Å²) in [6.45, 7) is 3.77. The van der Waals surface area contributed by atoms with E-state index in [2.05, 4.69) is 15.5 Å². The molecule has 188 valence electrons. The van der Waals surface area contributed by atoms with Gasteiger partial charge >= 0.3 is 0 Å². The normalized spacial score (nSPS) is 15.3. The smallest absolute Gasteiger partial charge is 0.255 e. The number of likely N-dealkylation sites (tertiary alicyclic amines) is 1. The van der Waals surface area contributed by atoms with Gasteiger partial charge in [0.2, 0.25) is 11.7 Å². The van der Waals surface area contributed by atoms with Gasteiger partial charge in [-0.1, -0.05) is 35.5 Å². The van der Waals surface area contributed by atoms with E-state index >= 15 is 0 Å². The summed E-state index contributed by atoms with van der Waals surface area (Å²) >= 11 is 0. The Balaban J connectivity index is 1.22. The van der Waals surface area contributed by atoms with Crippen LogP contribution in [0, 0.1) is 0 Å². The van der Waals surface area contributed by atoms with Crippen molar-refractivity contribution in [2.45, 2.75) is 25.7 Å². The number of nitrogens with zero attached hydrogens (tertiary/aromatic N) is 3. The highest BCUT2D eigenvalue weighted by molar-refractivity contribution is 6.04. The molecule has 2 amide bonds. The maximum atomic E-state index is 12.9. The molecule has 1 aliphatic heterocycles. The van der Waals surface area contributed by atoms with Gasteiger partial charge in [-0.15, -0.1) is 0 Å². The van der Waals surface area contributed by atoms with E-state index in [0.717, 1.165) is 24.2 Å². The number of rotatable bonds is 7. The van der Waals surface area contributed by atoms with E-state index in [9.17, 15) is 9.59 Å². The number of piperidine rings is 1. The van der Waals surface area contributed by atoms with Gasteiger partial charge in [-0.25, -0.2) is 0 Å². The second-order valence-corrected chi connectivity index (χ2v) is 8.90. The van der Waals surface area contributed by atoms with E-state index in [0.29, 0.717) is 48.2 Å². The second-order valence-electron chi connectivity index (χ2n) is 8.90. The van der Waals surface area contributed by atoms with E-state index in [1.54, 1.807) is 36.4 Å². The van der Waals surface area contributed by atoms with Crippen molar-refractivity contribution >= 4 is 17.5 Å². The number of ether oxygens (including phenoxy) is 1. The molecule has 4 aromatic rings. The average Bonchev–Trinajstić information content (AvgIpc) is 3.45. The SMILES string of the molecule is CCOc1ccc(NC(=O)c2ccc(-c3noc([C@@H]4CCCN(C(=O)c5ccccc5)C4)n3)cc2)cc1. The Morgan fingerprint density at radius 2 is 1.76 bits per heavy atom. The third-order valence-corrected chi connectivity index (χ3v) is 6.35. The topological polar surface area (TPSA) is 97.6 Å². The molecule has 2 heterocycles. The van der Waals surface area contributed by atoms with Crippen molar-refractivity contribution < 1.29 is 18.8 Å². The minimum atomic E-state index is -0.213. The molecule has 1 N–H and O–H groups in total. The van der Waals surface area contributed by atoms with Crippen LogP contribution in [0.15, 0.2) is 83.4 Å². The van der Waals surface area contributed by atoms with Gasteiger partial charge in [0, 0.05) is 35.5 Å². The fourth-order valence-corrected chi connectivity index (χ4v) is 4.42. The predicted octanol–water partition coefficient (Wildman–Crippen LogP) is 5.41. The fraction of sp³-hybridized carbons (Fsp3) is 0.241. The Morgan fingerprint density at radius 1 is 1.00 bits per heavy atom. The molecule has 0 bridgehead atoms. The van der Waals surface area contributed by atoms with Gasteiger partial charge in [-0.05, 0) is 68.3 Å². The Morgan fingerprint density at radius 3 is 2.49 bits per heavy atom. The summed E-state index contributed by atoms with van der Waals surface area (Å²) < 4.78 is 11.0. The van der Waals surface area contributed by atoms with E-state index in [4.69, 9.17) is 9.26 Å². The summed E-state index contributed by atoms with van der Waals surface area (Å²) in [6, 6.07) is 23.6. The zero-order chi connectivity index (χ0) is 25.6. The standard InChI is InChI=1S/C29H28N4O4/c1-2-36-25-16-14-24(15-17-25)30-27(34)21-12-10-20(11-13-21)26-31-28(37-32-26)23-9-6-18-33(19-23)29(35)22-7-4-3-5-8-22/h3-5,7-8,10-17,23H,2,6,9,18-19H2,1H3,(H,30,34)/t23-/m1/s1. The largest absolute Gasteiger partial charge is 0.494 e. The number of benzene rings is 3. The molecule has 1 saturated heterocycles. The lowest BCUT2D eigenvalue weighted by atomic mass is 9.97. The molecule has 0 saturated carbocycles. The van der Waals surface area contributed by atoms with Crippen LogP contribution in [0.2, 0.25) is 0 Å². The van der Waals surface area contributed by atoms with Gasteiger partial charge in [-0.3, -0.25) is 9.59 Å². The van der Waals surface area contributed by atoms with Gasteiger partial charge < -0.3 is 19.5 Å². The molecule has 1 aromatic heterocycles. The summed E-state index contributed by atoms with van der Waals surface area (Å²) in [7, 11) is 0. The number of nitrogens with one attached hydrogen (secondary N) is 1. The highest BCUT2D eigenvalue weighted by atomic mass is 16.5. The zero-order valence-corrected chi connectivity index (χ0v) is 20.6. The summed E-state index contributed by atoms with van der Waals surface area (Å²) in [5.41, 5.74) is 2.64. The van der Waals surface area contributed by atoms with E-state index < -0.39 is 0 Å². The van der Waals surface area contributed by atoms with Crippen LogP contribution in [-0.2, 0) is 0 Å². The molecule has 1 atom stereocenters. The number of hydrogen-bond donors (Lipinski definition) is 1. The molecule has 0 unspecified atom stereocenters. The number of aromatic nitrogens is 2. The van der Waals surface area contributed by atoms with E-state index in [1.807, 2.05) is 54.3 Å².